The van der Waals surface area contributed by atoms with Crippen molar-refractivity contribution in [2.75, 3.05) is 5.32 Å². The molecule has 0 aromatic carbocycles. The van der Waals surface area contributed by atoms with Crippen LogP contribution in [0.25, 0.3) is 0 Å². The molecule has 1 rings (SSSR count). The van der Waals surface area contributed by atoms with E-state index in [4.69, 9.17) is 0 Å². The van der Waals surface area contributed by atoms with Crippen LogP contribution in [0.15, 0.2) is 12.4 Å². The van der Waals surface area contributed by atoms with E-state index < -0.39 is 0 Å². The maximum absolute atomic E-state index is 11.6. The Balaban J connectivity index is 1.86. The number of carbonyl (C=O) groups excluding carboxylic acids is 1. The Labute approximate surface area is 116 Å². The summed E-state index contributed by atoms with van der Waals surface area (Å²) >= 11 is 0. The summed E-state index contributed by atoms with van der Waals surface area (Å²) in [4.78, 5) is 11.6. The fourth-order valence-corrected chi connectivity index (χ4v) is 2.14. The van der Waals surface area contributed by atoms with E-state index in [0.29, 0.717) is 6.42 Å². The fourth-order valence-electron chi connectivity index (χ4n) is 2.14. The van der Waals surface area contributed by atoms with Gasteiger partial charge in [-0.05, 0) is 6.42 Å². The summed E-state index contributed by atoms with van der Waals surface area (Å²) in [5.41, 5.74) is 0.751. The molecule has 0 atom stereocenters. The molecule has 19 heavy (non-hydrogen) atoms. The SMILES string of the molecule is CCCCCCCCCCCC(=O)Nc1cn[nH]c1. The van der Waals surface area contributed by atoms with Gasteiger partial charge in [-0.1, -0.05) is 58.3 Å². The lowest BCUT2D eigenvalue weighted by atomic mass is 10.1. The lowest BCUT2D eigenvalue weighted by Gasteiger charge is -2.03. The average molecular weight is 265 g/mol. The van der Waals surface area contributed by atoms with E-state index in [0.717, 1.165) is 18.5 Å². The lowest BCUT2D eigenvalue weighted by molar-refractivity contribution is -0.116. The molecule has 4 nitrogen and oxygen atoms in total. The van der Waals surface area contributed by atoms with Crippen LogP contribution in [0, 0.1) is 0 Å². The number of amides is 1. The monoisotopic (exact) mass is 265 g/mol. The van der Waals surface area contributed by atoms with Crippen LogP contribution in [-0.2, 0) is 4.79 Å². The first kappa shape index (κ1) is 15.7. The minimum atomic E-state index is 0.0874. The predicted octanol–water partition coefficient (Wildman–Crippen LogP) is 4.27. The molecular weight excluding hydrogens is 238 g/mol. The zero-order chi connectivity index (χ0) is 13.8. The summed E-state index contributed by atoms with van der Waals surface area (Å²) in [7, 11) is 0. The fraction of sp³-hybridized carbons (Fsp3) is 0.733. The second-order valence-electron chi connectivity index (χ2n) is 5.11. The van der Waals surface area contributed by atoms with Crippen molar-refractivity contribution in [2.24, 2.45) is 0 Å². The third kappa shape index (κ3) is 8.41. The Morgan fingerprint density at radius 1 is 1.11 bits per heavy atom. The first-order chi connectivity index (χ1) is 9.33. The Kier molecular flexibility index (Phi) is 8.77. The number of rotatable bonds is 11. The second kappa shape index (κ2) is 10.6. The minimum Gasteiger partial charge on any atom is -0.323 e. The number of hydrogen-bond donors (Lipinski definition) is 2. The number of nitrogens with one attached hydrogen (secondary N) is 2. The summed E-state index contributed by atoms with van der Waals surface area (Å²) in [6, 6.07) is 0. The Morgan fingerprint density at radius 3 is 2.32 bits per heavy atom. The molecule has 0 aliphatic carbocycles. The van der Waals surface area contributed by atoms with Gasteiger partial charge >= 0.3 is 0 Å². The molecule has 0 saturated heterocycles. The maximum atomic E-state index is 11.6. The van der Waals surface area contributed by atoms with E-state index >= 15 is 0 Å². The van der Waals surface area contributed by atoms with Gasteiger partial charge in [-0.3, -0.25) is 9.89 Å². The standard InChI is InChI=1S/C15H27N3O/c1-2-3-4-5-6-7-8-9-10-11-15(19)18-14-12-16-17-13-14/h12-13H,2-11H2,1H3,(H,16,17)(H,18,19). The van der Waals surface area contributed by atoms with Crippen molar-refractivity contribution in [3.05, 3.63) is 12.4 Å². The molecule has 4 heteroatoms. The van der Waals surface area contributed by atoms with E-state index in [-0.39, 0.29) is 5.91 Å². The van der Waals surface area contributed by atoms with Gasteiger partial charge in [-0.15, -0.1) is 0 Å². The third-order valence-corrected chi connectivity index (χ3v) is 3.29. The van der Waals surface area contributed by atoms with Crippen LogP contribution in [0.4, 0.5) is 5.69 Å². The van der Waals surface area contributed by atoms with E-state index in [9.17, 15) is 4.79 Å². The number of H-pyrrole nitrogens is 1. The molecular formula is C15H27N3O. The highest BCUT2D eigenvalue weighted by Crippen LogP contribution is 2.11. The van der Waals surface area contributed by atoms with Gasteiger partial charge in [0.05, 0.1) is 11.9 Å². The Morgan fingerprint density at radius 2 is 1.74 bits per heavy atom. The van der Waals surface area contributed by atoms with Gasteiger partial charge in [0.1, 0.15) is 0 Å². The van der Waals surface area contributed by atoms with Crippen LogP contribution in [0.1, 0.15) is 71.1 Å². The van der Waals surface area contributed by atoms with Crippen molar-refractivity contribution in [3.63, 3.8) is 0 Å². The number of nitrogens with zero attached hydrogens (tertiary/aromatic N) is 1. The van der Waals surface area contributed by atoms with Crippen LogP contribution in [-0.4, -0.2) is 16.1 Å². The molecule has 108 valence electrons. The molecule has 0 saturated carbocycles. The predicted molar refractivity (Wildman–Crippen MR) is 79.1 cm³/mol. The van der Waals surface area contributed by atoms with Gasteiger partial charge in [-0.25, -0.2) is 0 Å². The molecule has 1 aromatic rings. The topological polar surface area (TPSA) is 57.8 Å². The van der Waals surface area contributed by atoms with Gasteiger partial charge in [-0.2, -0.15) is 5.10 Å². The first-order valence-corrected chi connectivity index (χ1v) is 7.61. The summed E-state index contributed by atoms with van der Waals surface area (Å²) < 4.78 is 0. The largest absolute Gasteiger partial charge is 0.323 e. The molecule has 1 heterocycles. The van der Waals surface area contributed by atoms with Gasteiger partial charge in [0.15, 0.2) is 0 Å². The van der Waals surface area contributed by atoms with Crippen molar-refractivity contribution in [1.29, 1.82) is 0 Å². The molecule has 0 bridgehead atoms. The van der Waals surface area contributed by atoms with E-state index in [1.807, 2.05) is 0 Å². The summed E-state index contributed by atoms with van der Waals surface area (Å²) in [5.74, 6) is 0.0874. The maximum Gasteiger partial charge on any atom is 0.224 e. The van der Waals surface area contributed by atoms with E-state index in [1.54, 1.807) is 12.4 Å². The number of aromatic nitrogens is 2. The Bertz CT molecular complexity index is 322. The zero-order valence-electron chi connectivity index (χ0n) is 12.1. The number of anilines is 1. The lowest BCUT2D eigenvalue weighted by Crippen LogP contribution is -2.10. The number of carbonyl (C=O) groups is 1. The van der Waals surface area contributed by atoms with Gasteiger partial charge < -0.3 is 5.32 Å². The molecule has 1 amide bonds. The highest BCUT2D eigenvalue weighted by Gasteiger charge is 2.02. The quantitative estimate of drug-likeness (QED) is 0.587. The van der Waals surface area contributed by atoms with Crippen LogP contribution in [0.3, 0.4) is 0 Å². The van der Waals surface area contributed by atoms with Crippen LogP contribution >= 0.6 is 0 Å². The molecule has 0 radical (unpaired) electrons. The van der Waals surface area contributed by atoms with Gasteiger partial charge in [0.2, 0.25) is 5.91 Å². The molecule has 0 unspecified atom stereocenters. The van der Waals surface area contributed by atoms with Gasteiger partial charge in [0.25, 0.3) is 0 Å². The second-order valence-corrected chi connectivity index (χ2v) is 5.11. The molecule has 1 aromatic heterocycles. The van der Waals surface area contributed by atoms with Crippen molar-refractivity contribution in [3.8, 4) is 0 Å². The number of hydrogen-bond acceptors (Lipinski definition) is 2. The molecule has 0 aliphatic rings. The van der Waals surface area contributed by atoms with Crippen LogP contribution in [0.5, 0.6) is 0 Å². The summed E-state index contributed by atoms with van der Waals surface area (Å²) in [5, 5.41) is 9.28. The minimum absolute atomic E-state index is 0.0874. The van der Waals surface area contributed by atoms with Crippen molar-refractivity contribution in [1.82, 2.24) is 10.2 Å². The van der Waals surface area contributed by atoms with Crippen molar-refractivity contribution >= 4 is 11.6 Å². The summed E-state index contributed by atoms with van der Waals surface area (Å²) in [6.07, 6.45) is 15.4. The van der Waals surface area contributed by atoms with E-state index in [1.165, 1.54) is 44.9 Å². The molecule has 0 fully saturated rings. The third-order valence-electron chi connectivity index (χ3n) is 3.29. The normalized spacial score (nSPS) is 10.6. The van der Waals surface area contributed by atoms with Crippen LogP contribution in [0.2, 0.25) is 0 Å². The average Bonchev–Trinajstić information content (AvgIpc) is 2.89. The molecule has 2 N–H and O–H groups in total. The van der Waals surface area contributed by atoms with Crippen molar-refractivity contribution in [2.45, 2.75) is 71.1 Å². The molecule has 0 aliphatic heterocycles. The number of unbranched alkanes of at least 4 members (excludes halogenated alkanes) is 8. The smallest absolute Gasteiger partial charge is 0.224 e. The zero-order valence-corrected chi connectivity index (χ0v) is 12.1. The summed E-state index contributed by atoms with van der Waals surface area (Å²) in [6.45, 7) is 2.24. The molecule has 0 spiro atoms. The highest BCUT2D eigenvalue weighted by molar-refractivity contribution is 5.90. The van der Waals surface area contributed by atoms with E-state index in [2.05, 4.69) is 22.4 Å². The Hall–Kier alpha value is -1.32. The highest BCUT2D eigenvalue weighted by atomic mass is 16.1. The van der Waals surface area contributed by atoms with Crippen molar-refractivity contribution < 1.29 is 4.79 Å². The van der Waals surface area contributed by atoms with Gasteiger partial charge in [0, 0.05) is 12.6 Å². The number of aromatic amines is 1. The first-order valence-electron chi connectivity index (χ1n) is 7.61. The van der Waals surface area contributed by atoms with Crippen LogP contribution < -0.4 is 5.32 Å².